The number of rotatable bonds is 7. The van der Waals surface area contributed by atoms with Crippen molar-refractivity contribution in [1.82, 2.24) is 0 Å². The zero-order chi connectivity index (χ0) is 25.8. The van der Waals surface area contributed by atoms with E-state index in [4.69, 9.17) is 9.84 Å². The quantitative estimate of drug-likeness (QED) is 0.468. The Bertz CT molecular complexity index is 1410. The van der Waals surface area contributed by atoms with Crippen LogP contribution in [-0.2, 0) is 9.59 Å². The average molecular weight is 484 g/mol. The van der Waals surface area contributed by atoms with Crippen LogP contribution < -0.4 is 15.1 Å². The predicted octanol–water partition coefficient (Wildman–Crippen LogP) is 4.83. The highest BCUT2D eigenvalue weighted by atomic mass is 16.5. The van der Waals surface area contributed by atoms with Crippen LogP contribution in [-0.4, -0.2) is 35.2 Å². The third-order valence-corrected chi connectivity index (χ3v) is 5.79. The molecule has 3 aromatic carbocycles. The second-order valence-electron chi connectivity index (χ2n) is 8.39. The zero-order valence-electron chi connectivity index (χ0n) is 20.1. The van der Waals surface area contributed by atoms with Crippen molar-refractivity contribution in [1.29, 1.82) is 0 Å². The number of amides is 2. The maximum atomic E-state index is 13.1. The molecule has 0 fully saturated rings. The molecule has 8 heteroatoms. The molecule has 0 saturated carbocycles. The van der Waals surface area contributed by atoms with Gasteiger partial charge in [0.1, 0.15) is 5.75 Å². The Morgan fingerprint density at radius 2 is 1.72 bits per heavy atom. The van der Waals surface area contributed by atoms with Crippen LogP contribution in [0.2, 0.25) is 0 Å². The number of aromatic carboxylic acids is 1. The third kappa shape index (κ3) is 5.33. The van der Waals surface area contributed by atoms with E-state index in [1.807, 2.05) is 38.1 Å². The van der Waals surface area contributed by atoms with Crippen molar-refractivity contribution in [3.8, 4) is 5.75 Å². The molecule has 2 N–H and O–H groups in total. The van der Waals surface area contributed by atoms with E-state index >= 15 is 0 Å². The zero-order valence-corrected chi connectivity index (χ0v) is 20.1. The Balaban J connectivity index is 1.48. The Kier molecular flexibility index (Phi) is 6.96. The fraction of sp³-hybridized carbons (Fsp3) is 0.143. The van der Waals surface area contributed by atoms with Crippen LogP contribution >= 0.6 is 0 Å². The van der Waals surface area contributed by atoms with E-state index < -0.39 is 5.97 Å². The number of carboxylic acid groups (broad SMARTS) is 1. The van der Waals surface area contributed by atoms with E-state index in [1.165, 1.54) is 29.3 Å². The van der Waals surface area contributed by atoms with Gasteiger partial charge in [-0.2, -0.15) is 10.1 Å². The molecule has 8 nitrogen and oxygen atoms in total. The third-order valence-electron chi connectivity index (χ3n) is 5.79. The van der Waals surface area contributed by atoms with Gasteiger partial charge in [0.25, 0.3) is 11.8 Å². The van der Waals surface area contributed by atoms with Crippen molar-refractivity contribution < 1.29 is 24.2 Å². The number of para-hydroxylation sites is 1. The number of anilines is 2. The van der Waals surface area contributed by atoms with Crippen molar-refractivity contribution in [3.63, 3.8) is 0 Å². The van der Waals surface area contributed by atoms with E-state index in [-0.39, 0.29) is 24.0 Å². The van der Waals surface area contributed by atoms with Gasteiger partial charge in [0.05, 0.1) is 22.5 Å². The molecule has 0 aromatic heterocycles. The fourth-order valence-corrected chi connectivity index (χ4v) is 3.65. The summed E-state index contributed by atoms with van der Waals surface area (Å²) in [6.45, 7) is 5.50. The topological polar surface area (TPSA) is 108 Å². The molecule has 36 heavy (non-hydrogen) atoms. The molecule has 2 amide bonds. The minimum absolute atomic E-state index is 0.120. The van der Waals surface area contributed by atoms with Gasteiger partial charge in [0.15, 0.2) is 6.61 Å². The van der Waals surface area contributed by atoms with Gasteiger partial charge in [-0.3, -0.25) is 9.59 Å². The van der Waals surface area contributed by atoms with Gasteiger partial charge < -0.3 is 15.2 Å². The molecule has 3 aromatic rings. The molecule has 0 radical (unpaired) electrons. The molecule has 0 atom stereocenters. The summed E-state index contributed by atoms with van der Waals surface area (Å²) >= 11 is 0. The average Bonchev–Trinajstić information content (AvgIpc) is 3.14. The minimum atomic E-state index is -1.05. The van der Waals surface area contributed by atoms with Crippen LogP contribution in [0.25, 0.3) is 6.08 Å². The van der Waals surface area contributed by atoms with E-state index in [0.29, 0.717) is 34.0 Å². The number of ether oxygens (including phenoxy) is 1. The maximum absolute atomic E-state index is 13.1. The summed E-state index contributed by atoms with van der Waals surface area (Å²) in [5.74, 6) is -1.25. The molecular formula is C28H25N3O5. The summed E-state index contributed by atoms with van der Waals surface area (Å²) in [7, 11) is 0. The van der Waals surface area contributed by atoms with Crippen LogP contribution in [0.5, 0.6) is 5.75 Å². The molecule has 0 aliphatic carbocycles. The Morgan fingerprint density at radius 3 is 2.42 bits per heavy atom. The number of nitrogens with zero attached hydrogens (tertiary/aromatic N) is 2. The summed E-state index contributed by atoms with van der Waals surface area (Å²) in [5, 5.41) is 17.5. The molecule has 4 rings (SSSR count). The number of aryl methyl sites for hydroxylation is 2. The first kappa shape index (κ1) is 24.4. The first-order valence-corrected chi connectivity index (χ1v) is 11.3. The molecular weight excluding hydrogens is 458 g/mol. The highest BCUT2D eigenvalue weighted by Crippen LogP contribution is 2.28. The highest BCUT2D eigenvalue weighted by molar-refractivity contribution is 6.32. The summed E-state index contributed by atoms with van der Waals surface area (Å²) in [6, 6.07) is 18.7. The standard InChI is InChI=1S/C28H25N3O5/c1-17-8-11-22(14-18(17)2)29-26(32)16-36-25-7-5-4-6-21(25)15-24-19(3)30-31(27(24)33)23-12-9-20(10-13-23)28(34)35/h4-15H,16H2,1-3H3,(H,29,32)(H,34,35)/b24-15+. The largest absolute Gasteiger partial charge is 0.483 e. The van der Waals surface area contributed by atoms with Gasteiger partial charge in [0, 0.05) is 11.3 Å². The molecule has 0 unspecified atom stereocenters. The summed E-state index contributed by atoms with van der Waals surface area (Å²) in [4.78, 5) is 36.6. The first-order chi connectivity index (χ1) is 17.2. The monoisotopic (exact) mass is 483 g/mol. The number of hydrogen-bond donors (Lipinski definition) is 2. The molecule has 0 saturated heterocycles. The van der Waals surface area contributed by atoms with Crippen LogP contribution in [0.4, 0.5) is 11.4 Å². The Morgan fingerprint density at radius 1 is 1.00 bits per heavy atom. The second-order valence-corrected chi connectivity index (χ2v) is 8.39. The van der Waals surface area contributed by atoms with Gasteiger partial charge in [-0.1, -0.05) is 24.3 Å². The lowest BCUT2D eigenvalue weighted by atomic mass is 10.1. The van der Waals surface area contributed by atoms with E-state index in [9.17, 15) is 14.4 Å². The van der Waals surface area contributed by atoms with Gasteiger partial charge >= 0.3 is 5.97 Å². The summed E-state index contributed by atoms with van der Waals surface area (Å²) < 4.78 is 5.78. The van der Waals surface area contributed by atoms with E-state index in [1.54, 1.807) is 31.2 Å². The predicted molar refractivity (Wildman–Crippen MR) is 138 cm³/mol. The minimum Gasteiger partial charge on any atom is -0.483 e. The number of carboxylic acids is 1. The number of carbonyl (C=O) groups is 3. The Hall–Kier alpha value is -4.72. The van der Waals surface area contributed by atoms with E-state index in [0.717, 1.165) is 11.1 Å². The highest BCUT2D eigenvalue weighted by Gasteiger charge is 2.29. The van der Waals surface area contributed by atoms with E-state index in [2.05, 4.69) is 10.4 Å². The maximum Gasteiger partial charge on any atom is 0.335 e. The number of hydrogen-bond acceptors (Lipinski definition) is 5. The number of nitrogens with one attached hydrogen (secondary N) is 1. The fourth-order valence-electron chi connectivity index (χ4n) is 3.65. The number of benzene rings is 3. The van der Waals surface area contributed by atoms with Gasteiger partial charge in [-0.25, -0.2) is 4.79 Å². The lowest BCUT2D eigenvalue weighted by Gasteiger charge is -2.12. The normalized spacial score (nSPS) is 14.1. The molecule has 1 aliphatic heterocycles. The van der Waals surface area contributed by atoms with Crippen LogP contribution in [0, 0.1) is 13.8 Å². The summed E-state index contributed by atoms with van der Waals surface area (Å²) in [5.41, 5.74) is 4.99. The lowest BCUT2D eigenvalue weighted by Crippen LogP contribution is -2.21. The van der Waals surface area contributed by atoms with Gasteiger partial charge in [0.2, 0.25) is 0 Å². The van der Waals surface area contributed by atoms with Crippen molar-refractivity contribution >= 4 is 40.9 Å². The second kappa shape index (κ2) is 10.3. The van der Waals surface area contributed by atoms with Gasteiger partial charge in [-0.15, -0.1) is 0 Å². The molecule has 0 spiro atoms. The number of carbonyl (C=O) groups excluding carboxylic acids is 2. The van der Waals surface area contributed by atoms with Crippen molar-refractivity contribution in [3.05, 3.63) is 94.6 Å². The molecule has 0 bridgehead atoms. The van der Waals surface area contributed by atoms with Crippen molar-refractivity contribution in [2.24, 2.45) is 5.10 Å². The lowest BCUT2D eigenvalue weighted by molar-refractivity contribution is -0.118. The summed E-state index contributed by atoms with van der Waals surface area (Å²) in [6.07, 6.45) is 1.67. The van der Waals surface area contributed by atoms with Crippen molar-refractivity contribution in [2.45, 2.75) is 20.8 Å². The SMILES string of the molecule is CC1=NN(c2ccc(C(=O)O)cc2)C(=O)/C1=C/c1ccccc1OCC(=O)Nc1ccc(C)c(C)c1. The van der Waals surface area contributed by atoms with Crippen LogP contribution in [0.1, 0.15) is 34.0 Å². The van der Waals surface area contributed by atoms with Gasteiger partial charge in [-0.05, 0) is 80.4 Å². The smallest absolute Gasteiger partial charge is 0.335 e. The Labute approximate surface area is 208 Å². The molecule has 1 aliphatic rings. The van der Waals surface area contributed by atoms with Crippen LogP contribution in [0.3, 0.4) is 0 Å². The molecule has 1 heterocycles. The molecule has 182 valence electrons. The number of hydrazone groups is 1. The first-order valence-electron chi connectivity index (χ1n) is 11.3. The van der Waals surface area contributed by atoms with Crippen LogP contribution in [0.15, 0.2) is 77.4 Å². The van der Waals surface area contributed by atoms with Crippen molar-refractivity contribution in [2.75, 3.05) is 16.9 Å².